The average Bonchev–Trinajstić information content (AvgIpc) is 2.36. The molecule has 2 aromatic carbocycles. The first kappa shape index (κ1) is 13.4. The van der Waals surface area contributed by atoms with E-state index in [1.165, 1.54) is 18.0 Å². The summed E-state index contributed by atoms with van der Waals surface area (Å²) >= 11 is 4.72. The molecule has 0 radical (unpaired) electrons. The topological polar surface area (TPSA) is 38.0 Å². The second kappa shape index (κ2) is 6.22. The third-order valence-corrected chi connectivity index (χ3v) is 3.75. The van der Waals surface area contributed by atoms with E-state index in [0.717, 1.165) is 9.37 Å². The van der Waals surface area contributed by atoms with Crippen molar-refractivity contribution in [1.82, 2.24) is 4.72 Å². The standard InChI is InChI=1S/C13H12BrFN2S/c14-10-5-6-11(15)9(7-10)8-17-18-13-4-2-1-3-12(13)16/h1-7,17H,8,16H2. The van der Waals surface area contributed by atoms with Crippen LogP contribution in [-0.2, 0) is 6.54 Å². The number of anilines is 1. The van der Waals surface area contributed by atoms with Crippen LogP contribution >= 0.6 is 27.9 Å². The van der Waals surface area contributed by atoms with Crippen molar-refractivity contribution in [2.45, 2.75) is 11.4 Å². The van der Waals surface area contributed by atoms with Crippen LogP contribution in [0, 0.1) is 5.82 Å². The molecule has 5 heteroatoms. The van der Waals surface area contributed by atoms with Crippen molar-refractivity contribution in [3.8, 4) is 0 Å². The summed E-state index contributed by atoms with van der Waals surface area (Å²) in [6.45, 7) is 0.435. The summed E-state index contributed by atoms with van der Waals surface area (Å²) in [6, 6.07) is 12.4. The van der Waals surface area contributed by atoms with Crippen molar-refractivity contribution >= 4 is 33.6 Å². The summed E-state index contributed by atoms with van der Waals surface area (Å²) in [4.78, 5) is 0.938. The second-order valence-corrected chi connectivity index (χ2v) is 5.55. The Morgan fingerprint density at radius 1 is 1.22 bits per heavy atom. The van der Waals surface area contributed by atoms with E-state index in [9.17, 15) is 4.39 Å². The second-order valence-electron chi connectivity index (χ2n) is 3.70. The van der Waals surface area contributed by atoms with E-state index in [1.54, 1.807) is 12.1 Å². The summed E-state index contributed by atoms with van der Waals surface area (Å²) in [5.41, 5.74) is 7.14. The van der Waals surface area contributed by atoms with E-state index in [4.69, 9.17) is 5.73 Å². The van der Waals surface area contributed by atoms with Gasteiger partial charge in [-0.1, -0.05) is 28.1 Å². The molecule has 2 nitrogen and oxygen atoms in total. The van der Waals surface area contributed by atoms with Crippen molar-refractivity contribution in [1.29, 1.82) is 0 Å². The Bertz CT molecular complexity index is 548. The molecule has 0 unspecified atom stereocenters. The maximum atomic E-state index is 13.5. The first-order chi connectivity index (χ1) is 8.66. The van der Waals surface area contributed by atoms with E-state index >= 15 is 0 Å². The van der Waals surface area contributed by atoms with Crippen LogP contribution in [0.3, 0.4) is 0 Å². The molecule has 18 heavy (non-hydrogen) atoms. The molecular formula is C13H12BrFN2S. The van der Waals surface area contributed by atoms with Crippen LogP contribution in [0.5, 0.6) is 0 Å². The number of hydrogen-bond donors (Lipinski definition) is 2. The van der Waals surface area contributed by atoms with E-state index < -0.39 is 0 Å². The van der Waals surface area contributed by atoms with Gasteiger partial charge in [0.25, 0.3) is 0 Å². The molecule has 94 valence electrons. The largest absolute Gasteiger partial charge is 0.398 e. The average molecular weight is 327 g/mol. The highest BCUT2D eigenvalue weighted by atomic mass is 79.9. The number of nitrogens with two attached hydrogens (primary N) is 1. The van der Waals surface area contributed by atoms with Crippen molar-refractivity contribution < 1.29 is 4.39 Å². The minimum Gasteiger partial charge on any atom is -0.398 e. The number of hydrogen-bond acceptors (Lipinski definition) is 3. The van der Waals surface area contributed by atoms with Gasteiger partial charge in [-0.05, 0) is 42.3 Å². The molecule has 0 aromatic heterocycles. The molecule has 0 aliphatic rings. The van der Waals surface area contributed by atoms with E-state index in [2.05, 4.69) is 20.7 Å². The van der Waals surface area contributed by atoms with Crippen LogP contribution in [0.4, 0.5) is 10.1 Å². The Hall–Kier alpha value is -1.04. The highest BCUT2D eigenvalue weighted by Crippen LogP contribution is 2.23. The molecule has 0 heterocycles. The lowest BCUT2D eigenvalue weighted by Crippen LogP contribution is -2.05. The molecule has 2 rings (SSSR count). The lowest BCUT2D eigenvalue weighted by atomic mass is 10.2. The van der Waals surface area contributed by atoms with Gasteiger partial charge in [0.15, 0.2) is 0 Å². The Morgan fingerprint density at radius 3 is 2.78 bits per heavy atom. The van der Waals surface area contributed by atoms with Crippen LogP contribution < -0.4 is 10.5 Å². The SMILES string of the molecule is Nc1ccccc1SNCc1cc(Br)ccc1F. The molecule has 0 atom stereocenters. The van der Waals surface area contributed by atoms with Crippen molar-refractivity contribution in [2.24, 2.45) is 0 Å². The van der Waals surface area contributed by atoms with Gasteiger partial charge < -0.3 is 5.73 Å². The van der Waals surface area contributed by atoms with E-state index in [-0.39, 0.29) is 5.82 Å². The van der Waals surface area contributed by atoms with E-state index in [0.29, 0.717) is 17.8 Å². The molecule has 2 aromatic rings. The number of halogens is 2. The van der Waals surface area contributed by atoms with Crippen LogP contribution in [0.25, 0.3) is 0 Å². The third-order valence-electron chi connectivity index (χ3n) is 2.37. The molecule has 0 amide bonds. The predicted octanol–water partition coefficient (Wildman–Crippen LogP) is 3.97. The van der Waals surface area contributed by atoms with Gasteiger partial charge >= 0.3 is 0 Å². The number of para-hydroxylation sites is 1. The Morgan fingerprint density at radius 2 is 2.00 bits per heavy atom. The smallest absolute Gasteiger partial charge is 0.127 e. The molecule has 0 aliphatic carbocycles. The summed E-state index contributed by atoms with van der Waals surface area (Å²) < 4.78 is 17.4. The fourth-order valence-corrected chi connectivity index (χ4v) is 2.57. The maximum absolute atomic E-state index is 13.5. The Kier molecular flexibility index (Phi) is 4.63. The zero-order chi connectivity index (χ0) is 13.0. The number of rotatable bonds is 4. The molecule has 0 aliphatic heterocycles. The monoisotopic (exact) mass is 326 g/mol. The molecule has 0 saturated heterocycles. The lowest BCUT2D eigenvalue weighted by molar-refractivity contribution is 0.607. The highest BCUT2D eigenvalue weighted by Gasteiger charge is 2.03. The van der Waals surface area contributed by atoms with Gasteiger partial charge in [-0.2, -0.15) is 0 Å². The summed E-state index contributed by atoms with van der Waals surface area (Å²) in [7, 11) is 0. The van der Waals surface area contributed by atoms with Gasteiger partial charge in [0.2, 0.25) is 0 Å². The molecule has 0 fully saturated rings. The Balaban J connectivity index is 1.96. The maximum Gasteiger partial charge on any atom is 0.127 e. The van der Waals surface area contributed by atoms with Gasteiger partial charge in [-0.3, -0.25) is 4.72 Å². The molecule has 0 bridgehead atoms. The third kappa shape index (κ3) is 3.48. The van der Waals surface area contributed by atoms with Gasteiger partial charge in [0.05, 0.1) is 0 Å². The van der Waals surface area contributed by atoms with Gasteiger partial charge in [-0.15, -0.1) is 0 Å². The predicted molar refractivity (Wildman–Crippen MR) is 77.7 cm³/mol. The molecular weight excluding hydrogens is 315 g/mol. The zero-order valence-electron chi connectivity index (χ0n) is 9.49. The highest BCUT2D eigenvalue weighted by molar-refractivity contribution is 9.10. The summed E-state index contributed by atoms with van der Waals surface area (Å²) in [5, 5.41) is 0. The van der Waals surface area contributed by atoms with E-state index in [1.807, 2.05) is 24.3 Å². The molecule has 0 spiro atoms. The summed E-state index contributed by atoms with van der Waals surface area (Å²) in [6.07, 6.45) is 0. The fraction of sp³-hybridized carbons (Fsp3) is 0.0769. The lowest BCUT2D eigenvalue weighted by Gasteiger charge is -2.07. The van der Waals surface area contributed by atoms with Crippen LogP contribution in [0.15, 0.2) is 51.8 Å². The van der Waals surface area contributed by atoms with Crippen LogP contribution in [0.1, 0.15) is 5.56 Å². The van der Waals surface area contributed by atoms with Crippen molar-refractivity contribution in [2.75, 3.05) is 5.73 Å². The molecule has 0 saturated carbocycles. The fourth-order valence-electron chi connectivity index (χ4n) is 1.44. The van der Waals surface area contributed by atoms with Gasteiger partial charge in [0.1, 0.15) is 5.82 Å². The number of benzene rings is 2. The van der Waals surface area contributed by atoms with Gasteiger partial charge in [0, 0.05) is 27.2 Å². The van der Waals surface area contributed by atoms with Crippen molar-refractivity contribution in [3.05, 3.63) is 58.3 Å². The van der Waals surface area contributed by atoms with Crippen molar-refractivity contribution in [3.63, 3.8) is 0 Å². The van der Waals surface area contributed by atoms with Crippen LogP contribution in [0.2, 0.25) is 0 Å². The first-order valence-electron chi connectivity index (χ1n) is 5.35. The molecule has 3 N–H and O–H groups in total. The van der Waals surface area contributed by atoms with Crippen LogP contribution in [-0.4, -0.2) is 0 Å². The zero-order valence-corrected chi connectivity index (χ0v) is 11.9. The number of nitrogen functional groups attached to an aromatic ring is 1. The number of nitrogens with one attached hydrogen (secondary N) is 1. The quantitative estimate of drug-likeness (QED) is 0.659. The minimum atomic E-state index is -0.215. The minimum absolute atomic E-state index is 0.215. The first-order valence-corrected chi connectivity index (χ1v) is 6.96. The Labute approximate surface area is 118 Å². The van der Waals surface area contributed by atoms with Gasteiger partial charge in [-0.25, -0.2) is 4.39 Å². The normalized spacial score (nSPS) is 10.6. The summed E-state index contributed by atoms with van der Waals surface area (Å²) in [5.74, 6) is -0.215.